The topological polar surface area (TPSA) is 94.2 Å². The number of phenolic OH excluding ortho intramolecular Hbond substituents is 1. The van der Waals surface area contributed by atoms with E-state index in [0.29, 0.717) is 23.0 Å². The maximum atomic E-state index is 9.39. The summed E-state index contributed by atoms with van der Waals surface area (Å²) in [5.74, 6) is 0.947. The van der Waals surface area contributed by atoms with Gasteiger partial charge < -0.3 is 14.4 Å². The van der Waals surface area contributed by atoms with Crippen molar-refractivity contribution in [1.29, 1.82) is 0 Å². The Morgan fingerprint density at radius 1 is 1.19 bits per heavy atom. The van der Waals surface area contributed by atoms with Crippen molar-refractivity contribution in [2.24, 2.45) is 0 Å². The van der Waals surface area contributed by atoms with E-state index in [-0.39, 0.29) is 16.7 Å². The van der Waals surface area contributed by atoms with E-state index >= 15 is 0 Å². The van der Waals surface area contributed by atoms with Crippen LogP contribution in [-0.4, -0.2) is 32.6 Å². The summed E-state index contributed by atoms with van der Waals surface area (Å²) in [6.07, 6.45) is 0. The fourth-order valence-electron chi connectivity index (χ4n) is 1.63. The molecule has 8 heteroatoms. The lowest BCUT2D eigenvalue weighted by Crippen LogP contribution is -1.93. The van der Waals surface area contributed by atoms with Crippen LogP contribution in [0.5, 0.6) is 11.6 Å². The van der Waals surface area contributed by atoms with E-state index < -0.39 is 0 Å². The van der Waals surface area contributed by atoms with E-state index in [4.69, 9.17) is 20.9 Å². The monoisotopic (exact) mass is 304 g/mol. The van der Waals surface area contributed by atoms with Crippen LogP contribution in [0.4, 0.5) is 0 Å². The average Bonchev–Trinajstić information content (AvgIpc) is 3.00. The molecule has 0 aliphatic carbocycles. The molecule has 0 unspecified atom stereocenters. The minimum absolute atomic E-state index is 0.0128. The second kappa shape index (κ2) is 5.37. The molecular formula is C13H9ClN4O3. The van der Waals surface area contributed by atoms with Crippen molar-refractivity contribution in [3.63, 3.8) is 0 Å². The molecule has 0 aliphatic rings. The average molecular weight is 305 g/mol. The van der Waals surface area contributed by atoms with Gasteiger partial charge in [0.15, 0.2) is 0 Å². The van der Waals surface area contributed by atoms with Crippen molar-refractivity contribution in [3.8, 4) is 34.6 Å². The summed E-state index contributed by atoms with van der Waals surface area (Å²) in [6, 6.07) is 7.93. The molecule has 106 valence electrons. The van der Waals surface area contributed by atoms with Gasteiger partial charge in [0.05, 0.1) is 12.1 Å². The second-order valence-corrected chi connectivity index (χ2v) is 4.46. The highest BCUT2D eigenvalue weighted by molar-refractivity contribution is 6.32. The molecule has 0 atom stereocenters. The first kappa shape index (κ1) is 13.3. The van der Waals surface area contributed by atoms with Crippen molar-refractivity contribution < 1.29 is 14.4 Å². The van der Waals surface area contributed by atoms with Crippen molar-refractivity contribution in [1.82, 2.24) is 20.3 Å². The summed E-state index contributed by atoms with van der Waals surface area (Å²) in [6.45, 7) is 0. The molecule has 21 heavy (non-hydrogen) atoms. The molecule has 7 nitrogen and oxygen atoms in total. The normalized spacial score (nSPS) is 10.6. The highest BCUT2D eigenvalue weighted by Gasteiger charge is 2.13. The molecule has 0 aliphatic heterocycles. The fraction of sp³-hybridized carbons (Fsp3) is 0.0769. The Morgan fingerprint density at radius 2 is 2.05 bits per heavy atom. The zero-order chi connectivity index (χ0) is 14.8. The van der Waals surface area contributed by atoms with Crippen LogP contribution in [0.1, 0.15) is 0 Å². The van der Waals surface area contributed by atoms with Gasteiger partial charge in [-0.05, 0) is 24.3 Å². The summed E-state index contributed by atoms with van der Waals surface area (Å²) in [7, 11) is 1.50. The Morgan fingerprint density at radius 3 is 2.71 bits per heavy atom. The number of aromatic hydroxyl groups is 1. The maximum Gasteiger partial charge on any atom is 0.258 e. The molecular weight excluding hydrogens is 296 g/mol. The van der Waals surface area contributed by atoms with Crippen LogP contribution in [-0.2, 0) is 0 Å². The van der Waals surface area contributed by atoms with Crippen LogP contribution in [0.25, 0.3) is 23.0 Å². The lowest BCUT2D eigenvalue weighted by Gasteiger charge is -1.98. The molecule has 0 radical (unpaired) electrons. The van der Waals surface area contributed by atoms with E-state index in [2.05, 4.69) is 20.3 Å². The van der Waals surface area contributed by atoms with Crippen molar-refractivity contribution in [2.45, 2.75) is 0 Å². The molecule has 0 bridgehead atoms. The third-order valence-electron chi connectivity index (χ3n) is 2.70. The second-order valence-electron chi connectivity index (χ2n) is 4.05. The van der Waals surface area contributed by atoms with E-state index in [1.54, 1.807) is 18.2 Å². The van der Waals surface area contributed by atoms with Crippen LogP contribution in [0, 0.1) is 0 Å². The summed E-state index contributed by atoms with van der Waals surface area (Å²) in [5, 5.41) is 21.2. The number of aromatic nitrogens is 4. The summed E-state index contributed by atoms with van der Waals surface area (Å²) in [5.41, 5.74) is 1.05. The maximum absolute atomic E-state index is 9.39. The number of nitrogens with zero attached hydrogens (tertiary/aromatic N) is 4. The number of methoxy groups -OCH3 is 1. The predicted molar refractivity (Wildman–Crippen MR) is 74.0 cm³/mol. The molecule has 0 amide bonds. The van der Waals surface area contributed by atoms with E-state index in [9.17, 15) is 5.11 Å². The Kier molecular flexibility index (Phi) is 3.41. The molecule has 1 aromatic carbocycles. The zero-order valence-electron chi connectivity index (χ0n) is 10.8. The van der Waals surface area contributed by atoms with Gasteiger partial charge in [0.2, 0.25) is 11.7 Å². The van der Waals surface area contributed by atoms with Gasteiger partial charge in [-0.2, -0.15) is 4.98 Å². The van der Waals surface area contributed by atoms with E-state index in [1.165, 1.54) is 19.2 Å². The number of hydrogen-bond donors (Lipinski definition) is 1. The van der Waals surface area contributed by atoms with Crippen LogP contribution in [0.2, 0.25) is 5.02 Å². The number of ether oxygens (including phenoxy) is 1. The molecule has 1 N–H and O–H groups in total. The lowest BCUT2D eigenvalue weighted by molar-refractivity contribution is 0.392. The van der Waals surface area contributed by atoms with Crippen molar-refractivity contribution in [2.75, 3.05) is 7.11 Å². The molecule has 2 heterocycles. The smallest absolute Gasteiger partial charge is 0.258 e. The first-order chi connectivity index (χ1) is 10.2. The number of benzene rings is 1. The van der Waals surface area contributed by atoms with Gasteiger partial charge in [-0.25, -0.2) is 0 Å². The van der Waals surface area contributed by atoms with E-state index in [1.807, 2.05) is 0 Å². The molecule has 3 rings (SSSR count). The van der Waals surface area contributed by atoms with Gasteiger partial charge in [0.25, 0.3) is 5.89 Å². The first-order valence-electron chi connectivity index (χ1n) is 5.88. The Balaban J connectivity index is 1.93. The van der Waals surface area contributed by atoms with Crippen molar-refractivity contribution in [3.05, 3.63) is 35.4 Å². The Bertz CT molecular complexity index is 773. The Labute approximate surface area is 124 Å². The van der Waals surface area contributed by atoms with Gasteiger partial charge >= 0.3 is 0 Å². The van der Waals surface area contributed by atoms with Gasteiger partial charge in [-0.15, -0.1) is 10.2 Å². The highest BCUT2D eigenvalue weighted by atomic mass is 35.5. The molecule has 0 saturated heterocycles. The van der Waals surface area contributed by atoms with Crippen molar-refractivity contribution >= 4 is 11.6 Å². The lowest BCUT2D eigenvalue weighted by atomic mass is 10.2. The molecule has 0 fully saturated rings. The number of rotatable bonds is 3. The van der Waals surface area contributed by atoms with Crippen LogP contribution >= 0.6 is 11.6 Å². The minimum Gasteiger partial charge on any atom is -0.506 e. The van der Waals surface area contributed by atoms with Crippen LogP contribution in [0.15, 0.2) is 34.9 Å². The first-order valence-corrected chi connectivity index (χ1v) is 6.26. The van der Waals surface area contributed by atoms with Gasteiger partial charge in [0, 0.05) is 11.6 Å². The van der Waals surface area contributed by atoms with Gasteiger partial charge in [0.1, 0.15) is 11.4 Å². The quantitative estimate of drug-likeness (QED) is 0.794. The fourth-order valence-corrected chi connectivity index (χ4v) is 1.81. The third-order valence-corrected chi connectivity index (χ3v) is 3.00. The molecule has 0 spiro atoms. The number of halogens is 1. The predicted octanol–water partition coefficient (Wildman–Crippen LogP) is 2.56. The molecule has 2 aromatic heterocycles. The molecule has 3 aromatic rings. The largest absolute Gasteiger partial charge is 0.506 e. The summed E-state index contributed by atoms with van der Waals surface area (Å²) < 4.78 is 10.1. The van der Waals surface area contributed by atoms with Gasteiger partial charge in [-0.1, -0.05) is 16.8 Å². The zero-order valence-corrected chi connectivity index (χ0v) is 11.6. The SMILES string of the molecule is COc1ccc(-c2noc(-c3ccc(O)c(Cl)c3)n2)nn1. The van der Waals surface area contributed by atoms with E-state index in [0.717, 1.165) is 0 Å². The summed E-state index contributed by atoms with van der Waals surface area (Å²) in [4.78, 5) is 4.22. The van der Waals surface area contributed by atoms with Gasteiger partial charge in [-0.3, -0.25) is 0 Å². The third kappa shape index (κ3) is 2.63. The van der Waals surface area contributed by atoms with Crippen LogP contribution < -0.4 is 4.74 Å². The van der Waals surface area contributed by atoms with Crippen LogP contribution in [0.3, 0.4) is 0 Å². The number of phenols is 1. The Hall–Kier alpha value is -2.67. The highest BCUT2D eigenvalue weighted by Crippen LogP contribution is 2.29. The minimum atomic E-state index is -0.0128. The summed E-state index contributed by atoms with van der Waals surface area (Å²) >= 11 is 5.84. The molecule has 0 saturated carbocycles. The standard InChI is InChI=1S/C13H9ClN4O3/c1-20-11-5-3-9(16-17-11)12-15-13(21-18-12)7-2-4-10(19)8(14)6-7/h2-6,19H,1H3. The number of hydrogen-bond acceptors (Lipinski definition) is 7.